The number of rotatable bonds is 5. The van der Waals surface area contributed by atoms with E-state index in [0.717, 1.165) is 66.1 Å². The summed E-state index contributed by atoms with van der Waals surface area (Å²) in [5.74, 6) is 2.60. The molecule has 35 heavy (non-hydrogen) atoms. The minimum Gasteiger partial charge on any atom is -0.349 e. The third kappa shape index (κ3) is 4.03. The molecule has 5 fully saturated rings. The van der Waals surface area contributed by atoms with Gasteiger partial charge in [0.2, 0.25) is 0 Å². The monoisotopic (exact) mass is 467 g/mol. The lowest BCUT2D eigenvalue weighted by atomic mass is 9.48. The van der Waals surface area contributed by atoms with Crippen LogP contribution in [0.2, 0.25) is 0 Å². The SMILES string of the molecule is Cc1cc(/C=C(/C#N)C(=O)NC2CCCC2)c(C)n1-c1ccc(C23CC4CC(CC(C4)C2)C3)cc1. The first kappa shape index (κ1) is 22.7. The van der Waals surface area contributed by atoms with Crippen LogP contribution in [0.4, 0.5) is 0 Å². The molecule has 7 rings (SSSR count). The van der Waals surface area contributed by atoms with Gasteiger partial charge in [-0.15, -0.1) is 0 Å². The van der Waals surface area contributed by atoms with Gasteiger partial charge in [-0.05, 0) is 124 Å². The van der Waals surface area contributed by atoms with E-state index in [1.54, 1.807) is 11.6 Å². The van der Waals surface area contributed by atoms with E-state index in [0.29, 0.717) is 5.41 Å². The van der Waals surface area contributed by atoms with Crippen LogP contribution in [-0.2, 0) is 10.2 Å². The van der Waals surface area contributed by atoms with Crippen molar-refractivity contribution in [2.24, 2.45) is 17.8 Å². The van der Waals surface area contributed by atoms with E-state index in [-0.39, 0.29) is 17.5 Å². The highest BCUT2D eigenvalue weighted by Gasteiger charge is 2.51. The molecular weight excluding hydrogens is 430 g/mol. The summed E-state index contributed by atoms with van der Waals surface area (Å²) in [7, 11) is 0. The van der Waals surface area contributed by atoms with Crippen LogP contribution < -0.4 is 5.32 Å². The van der Waals surface area contributed by atoms with Gasteiger partial charge in [-0.25, -0.2) is 0 Å². The van der Waals surface area contributed by atoms with Gasteiger partial charge in [0.25, 0.3) is 5.91 Å². The molecule has 0 unspecified atom stereocenters. The zero-order valence-corrected chi connectivity index (χ0v) is 21.1. The molecule has 0 atom stereocenters. The van der Waals surface area contributed by atoms with Gasteiger partial charge in [-0.2, -0.15) is 5.26 Å². The average Bonchev–Trinajstić information content (AvgIpc) is 3.43. The quantitative estimate of drug-likeness (QED) is 0.402. The topological polar surface area (TPSA) is 57.8 Å². The highest BCUT2D eigenvalue weighted by Crippen LogP contribution is 2.60. The second-order valence-electron chi connectivity index (χ2n) is 12.0. The van der Waals surface area contributed by atoms with Crippen molar-refractivity contribution < 1.29 is 4.79 Å². The molecule has 4 nitrogen and oxygen atoms in total. The van der Waals surface area contributed by atoms with Crippen molar-refractivity contribution in [3.05, 3.63) is 58.4 Å². The lowest BCUT2D eigenvalue weighted by molar-refractivity contribution is -0.117. The standard InChI is InChI=1S/C31H37N3O/c1-20-11-25(15-26(19-32)30(35)33-28-5-3-4-6-28)21(2)34(20)29-9-7-27(8-10-29)31-16-22-12-23(17-31)14-24(13-22)18-31/h7-11,15,22-24,28H,3-6,12-14,16-18H2,1-2H3,(H,33,35)/b26-15-. The molecule has 2 aromatic rings. The van der Waals surface area contributed by atoms with E-state index < -0.39 is 0 Å². The summed E-state index contributed by atoms with van der Waals surface area (Å²) in [6.07, 6.45) is 14.6. The Morgan fingerprint density at radius 1 is 1.03 bits per heavy atom. The first-order chi connectivity index (χ1) is 16.9. The number of aromatic nitrogens is 1. The normalized spacial score (nSPS) is 30.0. The predicted octanol–water partition coefficient (Wildman–Crippen LogP) is 6.53. The number of nitriles is 1. The van der Waals surface area contributed by atoms with Crippen LogP contribution in [0.1, 0.15) is 86.7 Å². The van der Waals surface area contributed by atoms with Crippen molar-refractivity contribution in [1.82, 2.24) is 9.88 Å². The molecule has 0 radical (unpaired) electrons. The van der Waals surface area contributed by atoms with Crippen LogP contribution in [0.25, 0.3) is 11.8 Å². The highest BCUT2D eigenvalue weighted by molar-refractivity contribution is 6.02. The largest absolute Gasteiger partial charge is 0.349 e. The van der Waals surface area contributed by atoms with Gasteiger partial charge in [-0.3, -0.25) is 4.79 Å². The summed E-state index contributed by atoms with van der Waals surface area (Å²) < 4.78 is 2.25. The maximum atomic E-state index is 12.7. The Hall–Kier alpha value is -2.80. The number of hydrogen-bond acceptors (Lipinski definition) is 2. The summed E-state index contributed by atoms with van der Waals surface area (Å²) in [5, 5.41) is 12.7. The number of hydrogen-bond donors (Lipinski definition) is 1. The van der Waals surface area contributed by atoms with Crippen molar-refractivity contribution in [2.75, 3.05) is 0 Å². The number of carbonyl (C=O) groups excluding carboxylic acids is 1. The fourth-order valence-electron chi connectivity index (χ4n) is 8.40. The first-order valence-electron chi connectivity index (χ1n) is 13.7. The molecule has 5 saturated carbocycles. The van der Waals surface area contributed by atoms with Crippen molar-refractivity contribution in [3.8, 4) is 11.8 Å². The van der Waals surface area contributed by atoms with Crippen LogP contribution in [0, 0.1) is 42.9 Å². The third-order valence-electron chi connectivity index (χ3n) is 9.60. The van der Waals surface area contributed by atoms with Gasteiger partial charge in [0, 0.05) is 23.1 Å². The molecule has 1 amide bonds. The van der Waals surface area contributed by atoms with Crippen LogP contribution in [-0.4, -0.2) is 16.5 Å². The minimum absolute atomic E-state index is 0.189. The van der Waals surface area contributed by atoms with E-state index in [1.165, 1.54) is 38.5 Å². The second kappa shape index (κ2) is 8.70. The van der Waals surface area contributed by atoms with Crippen molar-refractivity contribution in [1.29, 1.82) is 5.26 Å². The summed E-state index contributed by atoms with van der Waals surface area (Å²) >= 11 is 0. The fraction of sp³-hybridized carbons (Fsp3) is 0.548. The smallest absolute Gasteiger partial charge is 0.262 e. The molecule has 0 aliphatic heterocycles. The molecule has 182 valence electrons. The molecule has 0 saturated heterocycles. The number of carbonyl (C=O) groups is 1. The van der Waals surface area contributed by atoms with Gasteiger partial charge >= 0.3 is 0 Å². The van der Waals surface area contributed by atoms with Crippen LogP contribution in [0.15, 0.2) is 35.9 Å². The second-order valence-corrected chi connectivity index (χ2v) is 12.0. The van der Waals surface area contributed by atoms with Crippen molar-refractivity contribution >= 4 is 12.0 Å². The molecule has 1 aromatic heterocycles. The van der Waals surface area contributed by atoms with Crippen LogP contribution in [0.5, 0.6) is 0 Å². The molecule has 5 aliphatic rings. The maximum absolute atomic E-state index is 12.7. The number of nitrogens with zero attached hydrogens (tertiary/aromatic N) is 2. The summed E-state index contributed by atoms with van der Waals surface area (Å²) in [6.45, 7) is 4.18. The Morgan fingerprint density at radius 3 is 2.20 bits per heavy atom. The first-order valence-corrected chi connectivity index (χ1v) is 13.7. The van der Waals surface area contributed by atoms with E-state index in [4.69, 9.17) is 0 Å². The van der Waals surface area contributed by atoms with Crippen LogP contribution in [0.3, 0.4) is 0 Å². The van der Waals surface area contributed by atoms with Crippen molar-refractivity contribution in [2.45, 2.75) is 89.5 Å². The Balaban J connectivity index is 1.25. The van der Waals surface area contributed by atoms with E-state index in [2.05, 4.69) is 60.1 Å². The summed E-state index contributed by atoms with van der Waals surface area (Å²) in [5.41, 5.74) is 6.41. The highest BCUT2D eigenvalue weighted by atomic mass is 16.1. The molecular formula is C31H37N3O. The number of aryl methyl sites for hydroxylation is 1. The van der Waals surface area contributed by atoms with E-state index >= 15 is 0 Å². The lowest BCUT2D eigenvalue weighted by Crippen LogP contribution is -2.48. The molecule has 0 spiro atoms. The van der Waals surface area contributed by atoms with Gasteiger partial charge in [0.15, 0.2) is 0 Å². The summed E-state index contributed by atoms with van der Waals surface area (Å²) in [6, 6.07) is 13.7. The lowest BCUT2D eigenvalue weighted by Gasteiger charge is -2.57. The summed E-state index contributed by atoms with van der Waals surface area (Å²) in [4.78, 5) is 12.7. The van der Waals surface area contributed by atoms with Crippen LogP contribution >= 0.6 is 0 Å². The molecule has 1 heterocycles. The minimum atomic E-state index is -0.246. The van der Waals surface area contributed by atoms with E-state index in [9.17, 15) is 10.1 Å². The zero-order chi connectivity index (χ0) is 24.2. The van der Waals surface area contributed by atoms with Gasteiger partial charge in [0.05, 0.1) is 0 Å². The molecule has 5 aliphatic carbocycles. The number of amides is 1. The average molecular weight is 468 g/mol. The maximum Gasteiger partial charge on any atom is 0.262 e. The fourth-order valence-corrected chi connectivity index (χ4v) is 8.40. The Bertz CT molecular complexity index is 1170. The van der Waals surface area contributed by atoms with Crippen molar-refractivity contribution in [3.63, 3.8) is 0 Å². The zero-order valence-electron chi connectivity index (χ0n) is 21.1. The Morgan fingerprint density at radius 2 is 1.63 bits per heavy atom. The molecule has 1 N–H and O–H groups in total. The predicted molar refractivity (Wildman–Crippen MR) is 139 cm³/mol. The third-order valence-corrected chi connectivity index (χ3v) is 9.60. The Labute approximate surface area is 209 Å². The van der Waals surface area contributed by atoms with Gasteiger partial charge < -0.3 is 9.88 Å². The van der Waals surface area contributed by atoms with Gasteiger partial charge in [0.1, 0.15) is 11.6 Å². The molecule has 4 bridgehead atoms. The Kier molecular flexibility index (Phi) is 5.63. The van der Waals surface area contributed by atoms with E-state index in [1.807, 2.05) is 0 Å². The number of benzene rings is 1. The number of nitrogens with one attached hydrogen (secondary N) is 1. The molecule has 1 aromatic carbocycles. The molecule has 4 heteroatoms. The van der Waals surface area contributed by atoms with Gasteiger partial charge in [-0.1, -0.05) is 25.0 Å².